The molecule has 0 atom stereocenters. The first-order chi connectivity index (χ1) is 10.0. The first kappa shape index (κ1) is 16.1. The van der Waals surface area contributed by atoms with Crippen molar-refractivity contribution in [3.63, 3.8) is 0 Å². The third-order valence-corrected chi connectivity index (χ3v) is 3.95. The lowest BCUT2D eigenvalue weighted by atomic mass is 10.1. The van der Waals surface area contributed by atoms with Crippen molar-refractivity contribution in [2.24, 2.45) is 0 Å². The number of amides is 1. The number of ether oxygens (including phenoxy) is 1. The molecule has 1 N–H and O–H groups in total. The molecular weight excluding hydrogens is 377 g/mol. The second-order valence-electron chi connectivity index (χ2n) is 4.25. The van der Waals surface area contributed by atoms with Crippen LogP contribution in [0.3, 0.4) is 0 Å². The third-order valence-electron chi connectivity index (χ3n) is 2.83. The van der Waals surface area contributed by atoms with Crippen LogP contribution in [0.1, 0.15) is 15.9 Å². The van der Waals surface area contributed by atoms with Gasteiger partial charge in [0.25, 0.3) is 5.91 Å². The fourth-order valence-electron chi connectivity index (χ4n) is 1.80. The minimum atomic E-state index is -0.247. The van der Waals surface area contributed by atoms with Crippen LogP contribution >= 0.6 is 39.1 Å². The highest BCUT2D eigenvalue weighted by molar-refractivity contribution is 9.10. The zero-order valence-corrected chi connectivity index (χ0v) is 14.2. The lowest BCUT2D eigenvalue weighted by Gasteiger charge is -2.12. The zero-order chi connectivity index (χ0) is 15.4. The summed E-state index contributed by atoms with van der Waals surface area (Å²) in [4.78, 5) is 12.2. The number of benzene rings is 2. The molecule has 0 fully saturated rings. The van der Waals surface area contributed by atoms with Crippen LogP contribution in [0.2, 0.25) is 5.02 Å². The Balaban J connectivity index is 2.26. The molecule has 2 rings (SSSR count). The fraction of sp³-hybridized carbons (Fsp3) is 0.133. The van der Waals surface area contributed by atoms with Crippen molar-refractivity contribution in [3.05, 3.63) is 57.0 Å². The highest BCUT2D eigenvalue weighted by Gasteiger charge is 2.13. The van der Waals surface area contributed by atoms with E-state index < -0.39 is 0 Å². The topological polar surface area (TPSA) is 38.3 Å². The molecule has 0 heterocycles. The summed E-state index contributed by atoms with van der Waals surface area (Å²) in [5.74, 6) is 0.686. The van der Waals surface area contributed by atoms with Crippen LogP contribution in [0.15, 0.2) is 40.9 Å². The molecule has 2 aromatic carbocycles. The van der Waals surface area contributed by atoms with Crippen LogP contribution in [-0.2, 0) is 5.88 Å². The van der Waals surface area contributed by atoms with E-state index >= 15 is 0 Å². The van der Waals surface area contributed by atoms with Crippen molar-refractivity contribution in [2.75, 3.05) is 12.4 Å². The van der Waals surface area contributed by atoms with Crippen LogP contribution in [-0.4, -0.2) is 13.0 Å². The lowest BCUT2D eigenvalue weighted by molar-refractivity contribution is 0.102. The van der Waals surface area contributed by atoms with E-state index in [4.69, 9.17) is 27.9 Å². The van der Waals surface area contributed by atoms with Gasteiger partial charge in [-0.15, -0.1) is 11.6 Å². The van der Waals surface area contributed by atoms with Gasteiger partial charge in [0, 0.05) is 16.5 Å². The smallest absolute Gasteiger partial charge is 0.255 e. The van der Waals surface area contributed by atoms with Gasteiger partial charge in [-0.2, -0.15) is 0 Å². The Kier molecular flexibility index (Phi) is 5.51. The van der Waals surface area contributed by atoms with Crippen molar-refractivity contribution >= 4 is 50.7 Å². The Labute approximate surface area is 141 Å². The number of rotatable bonds is 4. The molecule has 3 nitrogen and oxygen atoms in total. The van der Waals surface area contributed by atoms with Crippen LogP contribution in [0.25, 0.3) is 0 Å². The molecule has 0 saturated carbocycles. The van der Waals surface area contributed by atoms with Gasteiger partial charge in [0.15, 0.2) is 5.75 Å². The van der Waals surface area contributed by atoms with Gasteiger partial charge in [-0.05, 0) is 45.8 Å². The fourth-order valence-corrected chi connectivity index (χ4v) is 2.95. The predicted molar refractivity (Wildman–Crippen MR) is 89.7 cm³/mol. The summed E-state index contributed by atoms with van der Waals surface area (Å²) in [5.41, 5.74) is 1.99. The van der Waals surface area contributed by atoms with Crippen molar-refractivity contribution < 1.29 is 9.53 Å². The van der Waals surface area contributed by atoms with Gasteiger partial charge in [0.2, 0.25) is 0 Å². The molecule has 0 unspecified atom stereocenters. The number of nitrogens with one attached hydrogen (secondary N) is 1. The molecule has 0 aliphatic rings. The molecule has 0 radical (unpaired) electrons. The standard InChI is InChI=1S/C15H12BrCl2NO2/c1-21-14-12(16)6-11(18)7-13(14)19-15(20)10-4-2-9(8-17)3-5-10/h2-7H,8H2,1H3,(H,19,20). The van der Waals surface area contributed by atoms with Crippen LogP contribution in [0.5, 0.6) is 5.75 Å². The van der Waals surface area contributed by atoms with E-state index in [1.807, 2.05) is 12.1 Å². The van der Waals surface area contributed by atoms with E-state index in [1.54, 1.807) is 24.3 Å². The van der Waals surface area contributed by atoms with E-state index in [1.165, 1.54) is 7.11 Å². The largest absolute Gasteiger partial charge is 0.493 e. The van der Waals surface area contributed by atoms with Crippen LogP contribution in [0.4, 0.5) is 5.69 Å². The normalized spacial score (nSPS) is 10.3. The summed E-state index contributed by atoms with van der Waals surface area (Å²) < 4.78 is 5.94. The molecule has 0 aliphatic carbocycles. The summed E-state index contributed by atoms with van der Waals surface area (Å²) >= 11 is 15.1. The Morgan fingerprint density at radius 3 is 2.52 bits per heavy atom. The van der Waals surface area contributed by atoms with Gasteiger partial charge in [-0.25, -0.2) is 0 Å². The minimum absolute atomic E-state index is 0.247. The van der Waals surface area contributed by atoms with Gasteiger partial charge < -0.3 is 10.1 Å². The van der Waals surface area contributed by atoms with Crippen molar-refractivity contribution in [1.82, 2.24) is 0 Å². The van der Waals surface area contributed by atoms with E-state index in [-0.39, 0.29) is 5.91 Å². The van der Waals surface area contributed by atoms with Crippen molar-refractivity contribution in [3.8, 4) is 5.75 Å². The molecule has 0 bridgehead atoms. The molecular formula is C15H12BrCl2NO2. The average Bonchev–Trinajstić information content (AvgIpc) is 2.47. The number of hydrogen-bond donors (Lipinski definition) is 1. The van der Waals surface area contributed by atoms with Gasteiger partial charge in [0.1, 0.15) is 0 Å². The van der Waals surface area contributed by atoms with E-state index in [2.05, 4.69) is 21.2 Å². The Bertz CT molecular complexity index is 659. The molecule has 2 aromatic rings. The van der Waals surface area contributed by atoms with Crippen LogP contribution < -0.4 is 10.1 Å². The second-order valence-corrected chi connectivity index (χ2v) is 5.81. The summed E-state index contributed by atoms with van der Waals surface area (Å²) in [7, 11) is 1.53. The molecule has 21 heavy (non-hydrogen) atoms. The summed E-state index contributed by atoms with van der Waals surface area (Å²) in [5, 5.41) is 3.28. The number of hydrogen-bond acceptors (Lipinski definition) is 2. The summed E-state index contributed by atoms with van der Waals surface area (Å²) in [6.45, 7) is 0. The van der Waals surface area contributed by atoms with Crippen LogP contribution in [0, 0.1) is 0 Å². The summed E-state index contributed by atoms with van der Waals surface area (Å²) in [6.07, 6.45) is 0. The van der Waals surface area contributed by atoms with Gasteiger partial charge in [-0.1, -0.05) is 23.7 Å². The van der Waals surface area contributed by atoms with Crippen molar-refractivity contribution in [1.29, 1.82) is 0 Å². The maximum Gasteiger partial charge on any atom is 0.255 e. The first-order valence-electron chi connectivity index (χ1n) is 6.04. The molecule has 6 heteroatoms. The molecule has 0 aromatic heterocycles. The lowest BCUT2D eigenvalue weighted by Crippen LogP contribution is -2.12. The maximum atomic E-state index is 12.2. The SMILES string of the molecule is COc1c(Br)cc(Cl)cc1NC(=O)c1ccc(CCl)cc1. The molecule has 110 valence electrons. The number of halogens is 3. The maximum absolute atomic E-state index is 12.2. The number of anilines is 1. The second kappa shape index (κ2) is 7.16. The van der Waals surface area contributed by atoms with Gasteiger partial charge >= 0.3 is 0 Å². The number of carbonyl (C=O) groups is 1. The van der Waals surface area contributed by atoms with E-state index in [0.29, 0.717) is 32.4 Å². The monoisotopic (exact) mass is 387 g/mol. The molecule has 0 spiro atoms. The first-order valence-corrected chi connectivity index (χ1v) is 7.75. The third kappa shape index (κ3) is 3.90. The number of carbonyl (C=O) groups excluding carboxylic acids is 1. The summed E-state index contributed by atoms with van der Waals surface area (Å²) in [6, 6.07) is 10.4. The molecule has 0 saturated heterocycles. The number of alkyl halides is 1. The predicted octanol–water partition coefficient (Wildman–Crippen LogP) is 5.10. The highest BCUT2D eigenvalue weighted by atomic mass is 79.9. The van der Waals surface area contributed by atoms with Crippen molar-refractivity contribution in [2.45, 2.75) is 5.88 Å². The van der Waals surface area contributed by atoms with E-state index in [0.717, 1.165) is 5.56 Å². The Morgan fingerprint density at radius 1 is 1.29 bits per heavy atom. The Hall–Kier alpha value is -1.23. The minimum Gasteiger partial charge on any atom is -0.493 e. The quantitative estimate of drug-likeness (QED) is 0.739. The van der Waals surface area contributed by atoms with E-state index in [9.17, 15) is 4.79 Å². The van der Waals surface area contributed by atoms with Gasteiger partial charge in [-0.3, -0.25) is 4.79 Å². The Morgan fingerprint density at radius 2 is 1.95 bits per heavy atom. The average molecular weight is 389 g/mol. The highest BCUT2D eigenvalue weighted by Crippen LogP contribution is 2.36. The van der Waals surface area contributed by atoms with Gasteiger partial charge in [0.05, 0.1) is 17.3 Å². The number of methoxy groups -OCH3 is 1. The molecule has 0 aliphatic heterocycles. The zero-order valence-electron chi connectivity index (χ0n) is 11.1. The molecule has 1 amide bonds.